The van der Waals surface area contributed by atoms with Gasteiger partial charge < -0.3 is 9.64 Å². The molecule has 1 aliphatic heterocycles. The monoisotopic (exact) mass is 405 g/mol. The fraction of sp³-hybridized carbons (Fsp3) is 0.333. The summed E-state index contributed by atoms with van der Waals surface area (Å²) in [5.74, 6) is -0.124. The lowest BCUT2D eigenvalue weighted by Gasteiger charge is -2.29. The zero-order chi connectivity index (χ0) is 20.9. The van der Waals surface area contributed by atoms with E-state index < -0.39 is 17.6 Å². The Balaban J connectivity index is 1.69. The highest BCUT2D eigenvalue weighted by Crippen LogP contribution is 2.29. The normalized spacial score (nSPS) is 14.8. The number of carbonyl (C=O) groups is 1. The van der Waals surface area contributed by atoms with Crippen molar-refractivity contribution < 1.29 is 22.7 Å². The van der Waals surface area contributed by atoms with Gasteiger partial charge in [0.05, 0.1) is 18.9 Å². The van der Waals surface area contributed by atoms with Crippen molar-refractivity contribution in [1.82, 2.24) is 5.43 Å². The van der Waals surface area contributed by atoms with Crippen LogP contribution in [0.15, 0.2) is 47.6 Å². The second kappa shape index (κ2) is 8.98. The summed E-state index contributed by atoms with van der Waals surface area (Å²) in [6.45, 7) is 2.01. The number of ether oxygens (including phenoxy) is 1. The molecule has 0 radical (unpaired) electrons. The van der Waals surface area contributed by atoms with Crippen molar-refractivity contribution in [2.24, 2.45) is 5.10 Å². The molecule has 0 bridgehead atoms. The zero-order valence-corrected chi connectivity index (χ0v) is 16.0. The summed E-state index contributed by atoms with van der Waals surface area (Å²) >= 11 is 0. The molecule has 0 aromatic heterocycles. The molecule has 5 nitrogen and oxygen atoms in total. The first-order valence-corrected chi connectivity index (χ1v) is 9.32. The van der Waals surface area contributed by atoms with Gasteiger partial charge in [-0.2, -0.15) is 18.3 Å². The molecular formula is C21H22F3N3O2. The number of alkyl halides is 3. The maximum absolute atomic E-state index is 12.8. The van der Waals surface area contributed by atoms with Crippen LogP contribution in [0.2, 0.25) is 0 Å². The van der Waals surface area contributed by atoms with Crippen LogP contribution in [0.25, 0.3) is 0 Å². The number of anilines is 1. The summed E-state index contributed by atoms with van der Waals surface area (Å²) in [4.78, 5) is 14.4. The van der Waals surface area contributed by atoms with Gasteiger partial charge >= 0.3 is 6.18 Å². The van der Waals surface area contributed by atoms with Crippen molar-refractivity contribution in [2.75, 3.05) is 25.1 Å². The van der Waals surface area contributed by atoms with Crippen LogP contribution in [0.3, 0.4) is 0 Å². The second-order valence-electron chi connectivity index (χ2n) is 6.75. The van der Waals surface area contributed by atoms with Gasteiger partial charge in [0.2, 0.25) is 0 Å². The van der Waals surface area contributed by atoms with Crippen LogP contribution in [-0.4, -0.2) is 32.3 Å². The predicted octanol–water partition coefficient (Wildman–Crippen LogP) is 4.47. The largest absolute Gasteiger partial charge is 0.496 e. The molecule has 0 unspecified atom stereocenters. The van der Waals surface area contributed by atoms with Crippen LogP contribution in [0, 0.1) is 0 Å². The smallest absolute Gasteiger partial charge is 0.416 e. The summed E-state index contributed by atoms with van der Waals surface area (Å²) in [6, 6.07) is 9.90. The molecule has 0 spiro atoms. The molecule has 3 rings (SSSR count). The Labute approximate surface area is 167 Å². The topological polar surface area (TPSA) is 53.9 Å². The molecule has 0 saturated carbocycles. The van der Waals surface area contributed by atoms with Crippen molar-refractivity contribution >= 4 is 17.8 Å². The summed E-state index contributed by atoms with van der Waals surface area (Å²) in [6.07, 6.45) is 0.456. The van der Waals surface area contributed by atoms with E-state index in [4.69, 9.17) is 4.74 Å². The zero-order valence-electron chi connectivity index (χ0n) is 16.0. The van der Waals surface area contributed by atoms with Crippen molar-refractivity contribution in [2.45, 2.75) is 25.4 Å². The van der Waals surface area contributed by atoms with Crippen LogP contribution in [0.1, 0.15) is 40.7 Å². The summed E-state index contributed by atoms with van der Waals surface area (Å²) in [7, 11) is 1.55. The van der Waals surface area contributed by atoms with Crippen molar-refractivity contribution in [3.8, 4) is 5.75 Å². The van der Waals surface area contributed by atoms with Gasteiger partial charge in [-0.25, -0.2) is 5.43 Å². The fourth-order valence-corrected chi connectivity index (χ4v) is 3.22. The molecule has 2 aromatic carbocycles. The molecular weight excluding hydrogens is 383 g/mol. The number of amides is 1. The minimum atomic E-state index is -4.51. The van der Waals surface area contributed by atoms with Crippen LogP contribution in [0.5, 0.6) is 5.75 Å². The molecule has 154 valence electrons. The lowest BCUT2D eigenvalue weighted by molar-refractivity contribution is -0.137. The number of carbonyl (C=O) groups excluding carboxylic acids is 1. The summed E-state index contributed by atoms with van der Waals surface area (Å²) < 4.78 is 43.7. The molecule has 29 heavy (non-hydrogen) atoms. The number of hydrazone groups is 1. The van der Waals surface area contributed by atoms with E-state index in [2.05, 4.69) is 15.4 Å². The molecule has 8 heteroatoms. The van der Waals surface area contributed by atoms with Gasteiger partial charge in [0.15, 0.2) is 0 Å². The first kappa shape index (κ1) is 20.7. The molecule has 1 saturated heterocycles. The minimum absolute atomic E-state index is 0.121. The van der Waals surface area contributed by atoms with Crippen LogP contribution in [-0.2, 0) is 6.18 Å². The molecule has 0 atom stereocenters. The fourth-order valence-electron chi connectivity index (χ4n) is 3.22. The first-order valence-electron chi connectivity index (χ1n) is 9.32. The number of rotatable bonds is 5. The van der Waals surface area contributed by atoms with Crippen LogP contribution in [0.4, 0.5) is 18.9 Å². The number of halogens is 3. The van der Waals surface area contributed by atoms with Crippen LogP contribution < -0.4 is 15.1 Å². The molecule has 1 aliphatic rings. The van der Waals surface area contributed by atoms with Gasteiger partial charge in [0, 0.05) is 36.0 Å². The highest BCUT2D eigenvalue weighted by atomic mass is 19.4. The van der Waals surface area contributed by atoms with E-state index in [1.54, 1.807) is 7.11 Å². The van der Waals surface area contributed by atoms with Gasteiger partial charge in [-0.3, -0.25) is 4.79 Å². The number of nitrogens with one attached hydrogen (secondary N) is 1. The molecule has 0 aliphatic carbocycles. The van der Waals surface area contributed by atoms with E-state index in [-0.39, 0.29) is 5.56 Å². The summed E-state index contributed by atoms with van der Waals surface area (Å²) in [5.41, 5.74) is 2.96. The Morgan fingerprint density at radius 3 is 2.59 bits per heavy atom. The molecule has 1 heterocycles. The number of hydrogen-bond donors (Lipinski definition) is 1. The van der Waals surface area contributed by atoms with Gasteiger partial charge in [-0.15, -0.1) is 0 Å². The number of methoxy groups -OCH3 is 1. The van der Waals surface area contributed by atoms with Crippen molar-refractivity contribution in [1.29, 1.82) is 0 Å². The Morgan fingerprint density at radius 1 is 1.14 bits per heavy atom. The highest BCUT2D eigenvalue weighted by molar-refractivity contribution is 5.95. The quantitative estimate of drug-likeness (QED) is 0.590. The number of nitrogens with zero attached hydrogens (tertiary/aromatic N) is 2. The maximum Gasteiger partial charge on any atom is 0.416 e. The average Bonchev–Trinajstić information content (AvgIpc) is 2.74. The van der Waals surface area contributed by atoms with E-state index in [0.717, 1.165) is 43.8 Å². The molecule has 1 amide bonds. The molecule has 2 aromatic rings. The van der Waals surface area contributed by atoms with E-state index >= 15 is 0 Å². The minimum Gasteiger partial charge on any atom is -0.496 e. The van der Waals surface area contributed by atoms with Gasteiger partial charge in [-0.05, 0) is 49.6 Å². The van der Waals surface area contributed by atoms with E-state index in [9.17, 15) is 18.0 Å². The second-order valence-corrected chi connectivity index (χ2v) is 6.75. The van der Waals surface area contributed by atoms with Gasteiger partial charge in [0.1, 0.15) is 5.75 Å². The van der Waals surface area contributed by atoms with E-state index in [0.29, 0.717) is 11.3 Å². The van der Waals surface area contributed by atoms with E-state index in [1.165, 1.54) is 24.8 Å². The Bertz CT molecular complexity index is 891. The molecule has 1 N–H and O–H groups in total. The van der Waals surface area contributed by atoms with Gasteiger partial charge in [-0.1, -0.05) is 6.07 Å². The lowest BCUT2D eigenvalue weighted by Crippen LogP contribution is -2.29. The number of benzene rings is 2. The third-order valence-corrected chi connectivity index (χ3v) is 4.76. The lowest BCUT2D eigenvalue weighted by atomic mass is 10.1. The first-order chi connectivity index (χ1) is 13.9. The number of piperidine rings is 1. The van der Waals surface area contributed by atoms with Crippen LogP contribution >= 0.6 is 0 Å². The Morgan fingerprint density at radius 2 is 1.90 bits per heavy atom. The molecule has 1 fully saturated rings. The Kier molecular flexibility index (Phi) is 6.41. The average molecular weight is 405 g/mol. The SMILES string of the molecule is COc1cc(N2CCCCC2)ccc1/C=N\NC(=O)c1cccc(C(F)(F)F)c1. The Hall–Kier alpha value is -3.03. The highest BCUT2D eigenvalue weighted by Gasteiger charge is 2.30. The third-order valence-electron chi connectivity index (χ3n) is 4.76. The standard InChI is InChI=1S/C21H22F3N3O2/c1-29-19-13-18(27-10-3-2-4-11-27)9-8-16(19)14-25-26-20(28)15-6-5-7-17(12-15)21(22,23)24/h5-9,12-14H,2-4,10-11H2,1H3,(H,26,28)/b25-14-. The van der Waals surface area contributed by atoms with Crippen molar-refractivity contribution in [3.63, 3.8) is 0 Å². The number of hydrogen-bond acceptors (Lipinski definition) is 4. The maximum atomic E-state index is 12.8. The van der Waals surface area contributed by atoms with Gasteiger partial charge in [0.25, 0.3) is 5.91 Å². The van der Waals surface area contributed by atoms with E-state index in [1.807, 2.05) is 18.2 Å². The van der Waals surface area contributed by atoms with Crippen molar-refractivity contribution in [3.05, 3.63) is 59.2 Å². The third kappa shape index (κ3) is 5.28. The summed E-state index contributed by atoms with van der Waals surface area (Å²) in [5, 5.41) is 3.86. The predicted molar refractivity (Wildman–Crippen MR) is 106 cm³/mol.